The van der Waals surface area contributed by atoms with Crippen LogP contribution in [0.15, 0.2) is 18.2 Å². The number of benzene rings is 1. The van der Waals surface area contributed by atoms with Crippen LogP contribution in [-0.4, -0.2) is 18.8 Å². The predicted molar refractivity (Wildman–Crippen MR) is 73.2 cm³/mol. The van der Waals surface area contributed by atoms with Gasteiger partial charge in [0.15, 0.2) is 11.5 Å². The smallest absolute Gasteiger partial charge is 0.161 e. The summed E-state index contributed by atoms with van der Waals surface area (Å²) in [4.78, 5) is 0. The van der Waals surface area contributed by atoms with Gasteiger partial charge in [0.25, 0.3) is 0 Å². The first kappa shape index (κ1) is 14.8. The summed E-state index contributed by atoms with van der Waals surface area (Å²) in [6.07, 6.45) is 1.71. The molecule has 1 aromatic rings. The van der Waals surface area contributed by atoms with Crippen molar-refractivity contribution in [3.63, 3.8) is 0 Å². The molecule has 18 heavy (non-hydrogen) atoms. The molecule has 3 heteroatoms. The molecule has 0 bridgehead atoms. The average molecular weight is 252 g/mol. The van der Waals surface area contributed by atoms with E-state index in [4.69, 9.17) is 9.47 Å². The summed E-state index contributed by atoms with van der Waals surface area (Å²) in [6.45, 7) is 6.84. The zero-order valence-electron chi connectivity index (χ0n) is 11.8. The van der Waals surface area contributed by atoms with Gasteiger partial charge in [-0.25, -0.2) is 0 Å². The van der Waals surface area contributed by atoms with Gasteiger partial charge in [0, 0.05) is 0 Å². The molecule has 1 atom stereocenters. The quantitative estimate of drug-likeness (QED) is 0.754. The highest BCUT2D eigenvalue weighted by atomic mass is 16.5. The van der Waals surface area contributed by atoms with Crippen LogP contribution in [-0.2, 0) is 0 Å². The Kier molecular flexibility index (Phi) is 5.99. The average Bonchev–Trinajstić information content (AvgIpc) is 2.34. The Morgan fingerprint density at radius 3 is 2.44 bits per heavy atom. The van der Waals surface area contributed by atoms with E-state index in [1.54, 1.807) is 14.0 Å². The largest absolute Gasteiger partial charge is 0.493 e. The van der Waals surface area contributed by atoms with E-state index in [1.165, 1.54) is 0 Å². The van der Waals surface area contributed by atoms with Crippen molar-refractivity contribution in [2.75, 3.05) is 13.7 Å². The van der Waals surface area contributed by atoms with Gasteiger partial charge in [-0.15, -0.1) is 0 Å². The molecule has 0 fully saturated rings. The first-order valence-electron chi connectivity index (χ1n) is 6.53. The van der Waals surface area contributed by atoms with Crippen molar-refractivity contribution in [1.29, 1.82) is 0 Å². The van der Waals surface area contributed by atoms with Crippen LogP contribution >= 0.6 is 0 Å². The number of rotatable bonds is 7. The van der Waals surface area contributed by atoms with Crippen LogP contribution in [0.5, 0.6) is 11.5 Å². The Hall–Kier alpha value is -1.22. The number of hydrogen-bond donors (Lipinski definition) is 1. The fraction of sp³-hybridized carbons (Fsp3) is 0.600. The van der Waals surface area contributed by atoms with E-state index < -0.39 is 6.10 Å². The fourth-order valence-corrected chi connectivity index (χ4v) is 1.74. The van der Waals surface area contributed by atoms with Gasteiger partial charge in [-0.1, -0.05) is 19.9 Å². The molecule has 0 amide bonds. The van der Waals surface area contributed by atoms with E-state index >= 15 is 0 Å². The summed E-state index contributed by atoms with van der Waals surface area (Å²) in [5.41, 5.74) is 0.835. The minimum atomic E-state index is -0.492. The number of aliphatic hydroxyl groups is 1. The Morgan fingerprint density at radius 1 is 1.17 bits per heavy atom. The zero-order chi connectivity index (χ0) is 13.5. The van der Waals surface area contributed by atoms with Crippen LogP contribution in [0.4, 0.5) is 0 Å². The lowest BCUT2D eigenvalue weighted by Crippen LogP contribution is -2.02. The second kappa shape index (κ2) is 7.27. The molecule has 0 saturated heterocycles. The van der Waals surface area contributed by atoms with E-state index in [-0.39, 0.29) is 0 Å². The van der Waals surface area contributed by atoms with E-state index in [9.17, 15) is 5.11 Å². The van der Waals surface area contributed by atoms with Gasteiger partial charge < -0.3 is 14.6 Å². The predicted octanol–water partition coefficient (Wildman–Crippen LogP) is 3.56. The molecule has 0 heterocycles. The molecule has 1 N–H and O–H groups in total. The lowest BCUT2D eigenvalue weighted by Gasteiger charge is -2.13. The summed E-state index contributed by atoms with van der Waals surface area (Å²) in [5.74, 6) is 2.12. The van der Waals surface area contributed by atoms with Crippen molar-refractivity contribution in [2.24, 2.45) is 5.92 Å². The first-order valence-corrected chi connectivity index (χ1v) is 6.53. The van der Waals surface area contributed by atoms with Crippen LogP contribution in [0.2, 0.25) is 0 Å². The molecule has 0 spiro atoms. The summed E-state index contributed by atoms with van der Waals surface area (Å²) in [5, 5.41) is 9.51. The maximum Gasteiger partial charge on any atom is 0.161 e. The van der Waals surface area contributed by atoms with Crippen molar-refractivity contribution in [2.45, 2.75) is 39.7 Å². The van der Waals surface area contributed by atoms with Crippen LogP contribution in [0.3, 0.4) is 0 Å². The van der Waals surface area contributed by atoms with E-state index in [0.717, 1.165) is 24.2 Å². The van der Waals surface area contributed by atoms with Crippen molar-refractivity contribution >= 4 is 0 Å². The van der Waals surface area contributed by atoms with Crippen molar-refractivity contribution in [1.82, 2.24) is 0 Å². The monoisotopic (exact) mass is 252 g/mol. The van der Waals surface area contributed by atoms with Gasteiger partial charge in [0.2, 0.25) is 0 Å². The van der Waals surface area contributed by atoms with Crippen molar-refractivity contribution < 1.29 is 14.6 Å². The topological polar surface area (TPSA) is 38.7 Å². The molecule has 102 valence electrons. The third kappa shape index (κ3) is 4.57. The molecule has 0 radical (unpaired) electrons. The highest BCUT2D eigenvalue weighted by Crippen LogP contribution is 2.30. The molecule has 3 nitrogen and oxygen atoms in total. The second-order valence-electron chi connectivity index (χ2n) is 4.97. The van der Waals surface area contributed by atoms with E-state index in [0.29, 0.717) is 18.3 Å². The van der Waals surface area contributed by atoms with Crippen LogP contribution in [0.25, 0.3) is 0 Å². The summed E-state index contributed by atoms with van der Waals surface area (Å²) in [7, 11) is 1.61. The first-order chi connectivity index (χ1) is 8.54. The molecule has 0 aromatic heterocycles. The maximum atomic E-state index is 9.51. The van der Waals surface area contributed by atoms with Crippen molar-refractivity contribution in [3.8, 4) is 11.5 Å². The molecule has 0 saturated carbocycles. The maximum absolute atomic E-state index is 9.51. The zero-order valence-corrected chi connectivity index (χ0v) is 11.8. The second-order valence-corrected chi connectivity index (χ2v) is 4.97. The highest BCUT2D eigenvalue weighted by Gasteiger charge is 2.08. The molecule has 1 rings (SSSR count). The Bertz CT molecular complexity index is 359. The molecule has 0 aliphatic carbocycles. The Labute approximate surface area is 110 Å². The molecular weight excluding hydrogens is 228 g/mol. The summed E-state index contributed by atoms with van der Waals surface area (Å²) < 4.78 is 11.0. The van der Waals surface area contributed by atoms with Crippen molar-refractivity contribution in [3.05, 3.63) is 23.8 Å². The van der Waals surface area contributed by atoms with Gasteiger partial charge in [-0.3, -0.25) is 0 Å². The lowest BCUT2D eigenvalue weighted by atomic mass is 10.1. The summed E-state index contributed by atoms with van der Waals surface area (Å²) >= 11 is 0. The van der Waals surface area contributed by atoms with Crippen LogP contribution < -0.4 is 9.47 Å². The molecule has 0 aliphatic heterocycles. The third-order valence-electron chi connectivity index (χ3n) is 2.85. The van der Waals surface area contributed by atoms with Crippen LogP contribution in [0, 0.1) is 5.92 Å². The van der Waals surface area contributed by atoms with Crippen LogP contribution in [0.1, 0.15) is 45.3 Å². The number of hydrogen-bond acceptors (Lipinski definition) is 3. The third-order valence-corrected chi connectivity index (χ3v) is 2.85. The van der Waals surface area contributed by atoms with Gasteiger partial charge in [0.1, 0.15) is 0 Å². The normalized spacial score (nSPS) is 12.6. The lowest BCUT2D eigenvalue weighted by molar-refractivity contribution is 0.198. The minimum absolute atomic E-state index is 0.492. The van der Waals surface area contributed by atoms with Gasteiger partial charge in [-0.2, -0.15) is 0 Å². The number of aliphatic hydroxyl groups excluding tert-OH is 1. The standard InChI is InChI=1S/C15H24O3/c1-11(2)6-5-9-18-14-8-7-13(12(3)16)10-15(14)17-4/h7-8,10-12,16H,5-6,9H2,1-4H3. The molecular formula is C15H24O3. The SMILES string of the molecule is COc1cc(C(C)O)ccc1OCCCC(C)C. The number of ether oxygens (including phenoxy) is 2. The van der Waals surface area contributed by atoms with Gasteiger partial charge in [-0.05, 0) is 43.4 Å². The van der Waals surface area contributed by atoms with Gasteiger partial charge >= 0.3 is 0 Å². The van der Waals surface area contributed by atoms with E-state index in [2.05, 4.69) is 13.8 Å². The number of methoxy groups -OCH3 is 1. The molecule has 1 unspecified atom stereocenters. The minimum Gasteiger partial charge on any atom is -0.493 e. The van der Waals surface area contributed by atoms with Gasteiger partial charge in [0.05, 0.1) is 19.8 Å². The van der Waals surface area contributed by atoms with E-state index in [1.807, 2.05) is 18.2 Å². The Balaban J connectivity index is 2.59. The molecule has 0 aliphatic rings. The molecule has 1 aromatic carbocycles. The Morgan fingerprint density at radius 2 is 1.89 bits per heavy atom. The summed E-state index contributed by atoms with van der Waals surface area (Å²) in [6, 6.07) is 5.55. The highest BCUT2D eigenvalue weighted by molar-refractivity contribution is 5.43. The fourth-order valence-electron chi connectivity index (χ4n) is 1.74.